The van der Waals surface area contributed by atoms with E-state index in [-0.39, 0.29) is 65.3 Å². The molecular formula is C29H45NNaO7PS. The van der Waals surface area contributed by atoms with Crippen LogP contribution in [0.5, 0.6) is 0 Å². The Hall–Kier alpha value is 0.300. The molecule has 5 fully saturated rings. The summed E-state index contributed by atoms with van der Waals surface area (Å²) in [6, 6.07) is 1.19. The summed E-state index contributed by atoms with van der Waals surface area (Å²) in [5, 5.41) is 0.434. The Bertz CT molecular complexity index is 1040. The van der Waals surface area contributed by atoms with Crippen LogP contribution in [-0.4, -0.2) is 63.9 Å². The van der Waals surface area contributed by atoms with Crippen LogP contribution in [0.3, 0.4) is 0 Å². The molecular weight excluding hydrogens is 560 g/mol. The van der Waals surface area contributed by atoms with Gasteiger partial charge in [0.15, 0.2) is 0 Å². The number of thioether (sulfide) groups is 1. The summed E-state index contributed by atoms with van der Waals surface area (Å²) in [5.74, 6) is -0.0733. The first-order chi connectivity index (χ1) is 18.2. The SMILES string of the molecule is C=C[C@]1(C)C[C@@H](OC(=O)CSC2C[C@H]3CC[C@H](C2)N3C)[C@]2(C)[C@H](C)CCC3(CCC(=O)[C@H]32)C[C@@H]1OP(=O)([O-])O.[Na+]. The number of fused-ring (bicyclic) bond motifs is 2. The van der Waals surface area contributed by atoms with Crippen molar-refractivity contribution in [1.29, 1.82) is 0 Å². The van der Waals surface area contributed by atoms with Gasteiger partial charge < -0.3 is 23.9 Å². The Kier molecular flexibility index (Phi) is 9.96. The molecule has 0 radical (unpaired) electrons. The maximum Gasteiger partial charge on any atom is 1.00 e. The van der Waals surface area contributed by atoms with Crippen molar-refractivity contribution in [3.8, 4) is 0 Å². The molecule has 0 aromatic carbocycles. The normalized spacial score (nSPS) is 46.4. The molecule has 5 rings (SSSR count). The van der Waals surface area contributed by atoms with Gasteiger partial charge in [-0.1, -0.05) is 26.8 Å². The van der Waals surface area contributed by atoms with Gasteiger partial charge in [-0.3, -0.25) is 14.2 Å². The van der Waals surface area contributed by atoms with E-state index in [1.807, 2.05) is 6.92 Å². The van der Waals surface area contributed by atoms with Gasteiger partial charge in [-0.05, 0) is 76.2 Å². The van der Waals surface area contributed by atoms with Gasteiger partial charge >= 0.3 is 35.5 Å². The summed E-state index contributed by atoms with van der Waals surface area (Å²) in [7, 11) is -2.85. The van der Waals surface area contributed by atoms with Crippen LogP contribution in [0.15, 0.2) is 12.7 Å². The first kappa shape index (κ1) is 33.2. The third-order valence-corrected chi connectivity index (χ3v) is 13.5. The number of hydrogen-bond acceptors (Lipinski definition) is 8. The van der Waals surface area contributed by atoms with Crippen molar-refractivity contribution >= 4 is 31.3 Å². The molecule has 0 aromatic rings. The average Bonchev–Trinajstić information content (AvgIpc) is 3.27. The van der Waals surface area contributed by atoms with Gasteiger partial charge in [0.05, 0.1) is 11.9 Å². The largest absolute Gasteiger partial charge is 1.00 e. The summed E-state index contributed by atoms with van der Waals surface area (Å²) in [4.78, 5) is 51.2. The third kappa shape index (κ3) is 5.99. The van der Waals surface area contributed by atoms with Crippen LogP contribution in [0.25, 0.3) is 0 Å². The molecule has 10 atom stereocenters. The van der Waals surface area contributed by atoms with Gasteiger partial charge in [-0.25, -0.2) is 0 Å². The molecule has 0 aromatic heterocycles. The second-order valence-corrected chi connectivity index (χ2v) is 16.1. The Labute approximate surface area is 265 Å². The van der Waals surface area contributed by atoms with E-state index in [0.29, 0.717) is 36.6 Å². The number of phosphoric acid groups is 1. The van der Waals surface area contributed by atoms with Gasteiger partial charge in [0.2, 0.25) is 0 Å². The van der Waals surface area contributed by atoms with Gasteiger partial charge in [0.25, 0.3) is 7.82 Å². The monoisotopic (exact) mass is 605 g/mol. The standard InChI is InChI=1S/C29H46NO7PS.Na/c1-6-27(3)15-24(36-25(32)17-39-21-13-19-7-8-20(14-21)30(19)5)28(4)18(2)9-11-29(12-10-22(31)26(28)29)16-23(27)37-38(33,34)35;/h6,18-21,23-24,26H,1,7-17H2,2-5H3,(H2,33,34,35);/q;+1/p-1/t18-,19-,20-,23+,24-,26+,27-,28+,29?;/m1./s1. The molecule has 2 aliphatic heterocycles. The van der Waals surface area contributed by atoms with Gasteiger partial charge in [0.1, 0.15) is 11.9 Å². The van der Waals surface area contributed by atoms with Gasteiger partial charge in [-0.2, -0.15) is 0 Å². The molecule has 1 N–H and O–H groups in total. The molecule has 220 valence electrons. The number of nitrogens with zero attached hydrogens (tertiary/aromatic N) is 1. The molecule has 5 aliphatic rings. The van der Waals surface area contributed by atoms with Gasteiger partial charge in [0, 0.05) is 40.5 Å². The second kappa shape index (κ2) is 12.0. The number of carbonyl (C=O) groups excluding carboxylic acids is 2. The van der Waals surface area contributed by atoms with Crippen LogP contribution in [0.2, 0.25) is 0 Å². The summed E-state index contributed by atoms with van der Waals surface area (Å²) < 4.78 is 23.7. The van der Waals surface area contributed by atoms with E-state index in [2.05, 4.69) is 32.4 Å². The number of Topliss-reactive ketones (excluding diaryl/α,β-unsaturated/α-hetero) is 1. The molecule has 2 unspecified atom stereocenters. The minimum absolute atomic E-state index is 0. The smallest absolute Gasteiger partial charge is 0.756 e. The molecule has 2 saturated heterocycles. The summed E-state index contributed by atoms with van der Waals surface area (Å²) in [6.07, 6.45) is 8.12. The predicted octanol–water partition coefficient (Wildman–Crippen LogP) is 1.49. The number of carbonyl (C=O) groups is 2. The predicted molar refractivity (Wildman–Crippen MR) is 149 cm³/mol. The fraction of sp³-hybridized carbons (Fsp3) is 0.862. The zero-order valence-electron chi connectivity index (χ0n) is 24.8. The molecule has 11 heteroatoms. The molecule has 40 heavy (non-hydrogen) atoms. The van der Waals surface area contributed by atoms with Crippen molar-refractivity contribution in [1.82, 2.24) is 4.90 Å². The van der Waals surface area contributed by atoms with Crippen molar-refractivity contribution in [2.45, 2.75) is 115 Å². The minimum atomic E-state index is -5.06. The van der Waals surface area contributed by atoms with Gasteiger partial charge in [-0.15, -0.1) is 18.3 Å². The van der Waals surface area contributed by atoms with Crippen molar-refractivity contribution in [2.75, 3.05) is 12.8 Å². The number of phosphoric ester groups is 1. The number of ketones is 1. The fourth-order valence-electron chi connectivity index (χ4n) is 9.13. The van der Waals surface area contributed by atoms with E-state index >= 15 is 0 Å². The van der Waals surface area contributed by atoms with E-state index < -0.39 is 36.3 Å². The Morgan fingerprint density at radius 2 is 1.85 bits per heavy atom. The molecule has 0 amide bonds. The van der Waals surface area contributed by atoms with Crippen molar-refractivity contribution in [2.24, 2.45) is 28.1 Å². The summed E-state index contributed by atoms with van der Waals surface area (Å²) in [5.41, 5.74) is -1.94. The van der Waals surface area contributed by atoms with Crippen molar-refractivity contribution < 1.29 is 62.8 Å². The van der Waals surface area contributed by atoms with Crippen LogP contribution in [0.4, 0.5) is 0 Å². The van der Waals surface area contributed by atoms with E-state index in [0.717, 1.165) is 25.7 Å². The zero-order valence-corrected chi connectivity index (χ0v) is 28.5. The third-order valence-electron chi connectivity index (χ3n) is 11.7. The topological polar surface area (TPSA) is 116 Å². The zero-order chi connectivity index (χ0) is 28.4. The number of piperidine rings is 1. The molecule has 8 nitrogen and oxygen atoms in total. The Morgan fingerprint density at radius 3 is 2.45 bits per heavy atom. The molecule has 2 heterocycles. The number of ether oxygens (including phenoxy) is 1. The van der Waals surface area contributed by atoms with E-state index in [9.17, 15) is 23.9 Å². The van der Waals surface area contributed by atoms with Crippen LogP contribution in [0.1, 0.15) is 85.0 Å². The number of esters is 1. The first-order valence-electron chi connectivity index (χ1n) is 14.6. The summed E-state index contributed by atoms with van der Waals surface area (Å²) >= 11 is 1.68. The fourth-order valence-corrected chi connectivity index (χ4v) is 10.9. The second-order valence-electron chi connectivity index (χ2n) is 13.7. The van der Waals surface area contributed by atoms with Crippen LogP contribution in [0, 0.1) is 28.1 Å². The van der Waals surface area contributed by atoms with Crippen LogP contribution < -0.4 is 34.5 Å². The maximum absolute atomic E-state index is 13.5. The van der Waals surface area contributed by atoms with Crippen molar-refractivity contribution in [3.63, 3.8) is 0 Å². The van der Waals surface area contributed by atoms with Crippen molar-refractivity contribution in [3.05, 3.63) is 12.7 Å². The van der Waals surface area contributed by atoms with Crippen LogP contribution in [-0.2, 0) is 23.4 Å². The average molecular weight is 606 g/mol. The quantitative estimate of drug-likeness (QED) is 0.200. The minimum Gasteiger partial charge on any atom is -0.756 e. The van der Waals surface area contributed by atoms with E-state index in [1.54, 1.807) is 17.8 Å². The summed E-state index contributed by atoms with van der Waals surface area (Å²) in [6.45, 7) is 10.1. The number of hydrogen-bond donors (Lipinski definition) is 1. The maximum atomic E-state index is 13.5. The Balaban J connectivity index is 0.00000370. The van der Waals surface area contributed by atoms with E-state index in [1.165, 1.54) is 12.8 Å². The molecule has 3 saturated carbocycles. The molecule has 3 aliphatic carbocycles. The molecule has 0 spiro atoms. The molecule has 4 bridgehead atoms. The van der Waals surface area contributed by atoms with Crippen LogP contribution >= 0.6 is 19.6 Å². The van der Waals surface area contributed by atoms with E-state index in [4.69, 9.17) is 9.26 Å². The Morgan fingerprint density at radius 1 is 1.20 bits per heavy atom. The number of rotatable bonds is 7. The first-order valence-corrected chi connectivity index (χ1v) is 17.2.